The van der Waals surface area contributed by atoms with E-state index < -0.39 is 0 Å². The molecule has 110 valence electrons. The number of aryl methyl sites for hydroxylation is 1. The molecule has 0 heterocycles. The predicted molar refractivity (Wildman–Crippen MR) is 88.7 cm³/mol. The molecule has 21 heavy (non-hydrogen) atoms. The van der Waals surface area contributed by atoms with Gasteiger partial charge in [0.15, 0.2) is 0 Å². The van der Waals surface area contributed by atoms with Gasteiger partial charge < -0.3 is 10.1 Å². The van der Waals surface area contributed by atoms with Crippen LogP contribution in [0.5, 0.6) is 5.75 Å². The SMILES string of the molecule is Cc1ccc(NC(=O)CCCOc2ccccc2)c(Br)c1. The smallest absolute Gasteiger partial charge is 0.224 e. The van der Waals surface area contributed by atoms with Gasteiger partial charge in [-0.25, -0.2) is 0 Å². The van der Waals surface area contributed by atoms with Crippen molar-refractivity contribution in [2.24, 2.45) is 0 Å². The highest BCUT2D eigenvalue weighted by molar-refractivity contribution is 9.10. The fourth-order valence-corrected chi connectivity index (χ4v) is 2.47. The second-order valence-electron chi connectivity index (χ2n) is 4.80. The van der Waals surface area contributed by atoms with Crippen molar-refractivity contribution in [3.8, 4) is 5.75 Å². The molecule has 0 saturated heterocycles. The van der Waals surface area contributed by atoms with Gasteiger partial charge in [-0.05, 0) is 59.1 Å². The first-order valence-electron chi connectivity index (χ1n) is 6.89. The van der Waals surface area contributed by atoms with Gasteiger partial charge in [0.25, 0.3) is 0 Å². The number of carbonyl (C=O) groups is 1. The Morgan fingerprint density at radius 2 is 1.95 bits per heavy atom. The van der Waals surface area contributed by atoms with Crippen molar-refractivity contribution < 1.29 is 9.53 Å². The van der Waals surface area contributed by atoms with Gasteiger partial charge in [-0.2, -0.15) is 0 Å². The van der Waals surface area contributed by atoms with Gasteiger partial charge in [0.2, 0.25) is 5.91 Å². The Hall–Kier alpha value is -1.81. The summed E-state index contributed by atoms with van der Waals surface area (Å²) in [6.45, 7) is 2.55. The highest BCUT2D eigenvalue weighted by atomic mass is 79.9. The number of hydrogen-bond donors (Lipinski definition) is 1. The van der Waals surface area contributed by atoms with Gasteiger partial charge in [-0.1, -0.05) is 24.3 Å². The first kappa shape index (κ1) is 15.6. The number of halogens is 1. The molecule has 2 aromatic carbocycles. The molecule has 1 amide bonds. The summed E-state index contributed by atoms with van der Waals surface area (Å²) in [5.74, 6) is 0.829. The molecule has 0 fully saturated rings. The van der Waals surface area contributed by atoms with Crippen LogP contribution in [0.2, 0.25) is 0 Å². The minimum atomic E-state index is -0.00350. The van der Waals surface area contributed by atoms with Gasteiger partial charge in [0.1, 0.15) is 5.75 Å². The van der Waals surface area contributed by atoms with Crippen LogP contribution in [0.3, 0.4) is 0 Å². The average molecular weight is 348 g/mol. The molecular weight excluding hydrogens is 330 g/mol. The summed E-state index contributed by atoms with van der Waals surface area (Å²) < 4.78 is 6.46. The zero-order valence-corrected chi connectivity index (χ0v) is 13.5. The largest absolute Gasteiger partial charge is 0.494 e. The molecule has 0 spiro atoms. The predicted octanol–water partition coefficient (Wildman–Crippen LogP) is 4.56. The summed E-state index contributed by atoms with van der Waals surface area (Å²) in [5.41, 5.74) is 1.95. The molecule has 2 aromatic rings. The normalized spacial score (nSPS) is 10.2. The maximum absolute atomic E-state index is 11.9. The van der Waals surface area contributed by atoms with E-state index in [9.17, 15) is 4.79 Å². The van der Waals surface area contributed by atoms with Crippen LogP contribution in [0.15, 0.2) is 53.0 Å². The van der Waals surface area contributed by atoms with Crippen LogP contribution in [0.1, 0.15) is 18.4 Å². The van der Waals surface area contributed by atoms with Crippen LogP contribution in [0.4, 0.5) is 5.69 Å². The molecule has 0 atom stereocenters. The summed E-state index contributed by atoms with van der Waals surface area (Å²) in [4.78, 5) is 11.9. The van der Waals surface area contributed by atoms with Gasteiger partial charge in [0.05, 0.1) is 12.3 Å². The lowest BCUT2D eigenvalue weighted by molar-refractivity contribution is -0.116. The van der Waals surface area contributed by atoms with E-state index in [1.165, 1.54) is 0 Å². The molecule has 2 rings (SSSR count). The standard InChI is InChI=1S/C17H18BrNO2/c1-13-9-10-16(15(18)12-13)19-17(20)8-5-11-21-14-6-3-2-4-7-14/h2-4,6-7,9-10,12H,5,8,11H2,1H3,(H,19,20). The maximum atomic E-state index is 11.9. The third-order valence-corrected chi connectivity index (χ3v) is 3.61. The summed E-state index contributed by atoms with van der Waals surface area (Å²) in [6.07, 6.45) is 1.12. The highest BCUT2D eigenvalue weighted by Gasteiger charge is 2.05. The van der Waals surface area contributed by atoms with Crippen LogP contribution < -0.4 is 10.1 Å². The number of hydrogen-bond acceptors (Lipinski definition) is 2. The van der Waals surface area contributed by atoms with Crippen LogP contribution in [-0.2, 0) is 4.79 Å². The number of carbonyl (C=O) groups excluding carboxylic acids is 1. The van der Waals surface area contributed by atoms with Crippen molar-refractivity contribution in [2.75, 3.05) is 11.9 Å². The zero-order chi connectivity index (χ0) is 15.1. The minimum absolute atomic E-state index is 0.00350. The quantitative estimate of drug-likeness (QED) is 0.778. The van der Waals surface area contributed by atoms with Crippen molar-refractivity contribution in [3.63, 3.8) is 0 Å². The topological polar surface area (TPSA) is 38.3 Å². The lowest BCUT2D eigenvalue weighted by atomic mass is 10.2. The molecule has 4 heteroatoms. The first-order valence-corrected chi connectivity index (χ1v) is 7.68. The number of rotatable bonds is 6. The summed E-state index contributed by atoms with van der Waals surface area (Å²) in [6, 6.07) is 15.5. The molecule has 0 aliphatic heterocycles. The van der Waals surface area contributed by atoms with Gasteiger partial charge in [0, 0.05) is 10.9 Å². The number of amides is 1. The monoisotopic (exact) mass is 347 g/mol. The van der Waals surface area contributed by atoms with Crippen molar-refractivity contribution in [3.05, 3.63) is 58.6 Å². The molecule has 0 aromatic heterocycles. The molecule has 0 aliphatic rings. The molecule has 0 radical (unpaired) electrons. The van der Waals surface area contributed by atoms with E-state index in [1.54, 1.807) is 0 Å². The third kappa shape index (κ3) is 5.23. The molecule has 3 nitrogen and oxygen atoms in total. The van der Waals surface area contributed by atoms with E-state index in [0.29, 0.717) is 19.4 Å². The van der Waals surface area contributed by atoms with Gasteiger partial charge in [-0.3, -0.25) is 4.79 Å². The lowest BCUT2D eigenvalue weighted by Crippen LogP contribution is -2.13. The Kier molecular flexibility index (Phi) is 5.81. The van der Waals surface area contributed by atoms with Crippen LogP contribution >= 0.6 is 15.9 Å². The van der Waals surface area contributed by atoms with Crippen LogP contribution in [0.25, 0.3) is 0 Å². The molecule has 0 bridgehead atoms. The van der Waals surface area contributed by atoms with Crippen LogP contribution in [-0.4, -0.2) is 12.5 Å². The summed E-state index contributed by atoms with van der Waals surface area (Å²) >= 11 is 3.45. The number of nitrogens with one attached hydrogen (secondary N) is 1. The molecule has 0 aliphatic carbocycles. The molecular formula is C17H18BrNO2. The fraction of sp³-hybridized carbons (Fsp3) is 0.235. The lowest BCUT2D eigenvalue weighted by Gasteiger charge is -2.09. The second kappa shape index (κ2) is 7.84. The number of para-hydroxylation sites is 1. The summed E-state index contributed by atoms with van der Waals surface area (Å²) in [5, 5.41) is 2.89. The Morgan fingerprint density at radius 3 is 2.67 bits per heavy atom. The Labute approximate surface area is 133 Å². The second-order valence-corrected chi connectivity index (χ2v) is 5.65. The van der Waals surface area contributed by atoms with E-state index in [0.717, 1.165) is 21.5 Å². The Balaban J connectivity index is 1.72. The van der Waals surface area contributed by atoms with Gasteiger partial charge >= 0.3 is 0 Å². The first-order chi connectivity index (χ1) is 10.1. The molecule has 0 saturated carbocycles. The number of anilines is 1. The Morgan fingerprint density at radius 1 is 1.19 bits per heavy atom. The van der Waals surface area contributed by atoms with Crippen molar-refractivity contribution in [1.82, 2.24) is 0 Å². The van der Waals surface area contributed by atoms with E-state index in [2.05, 4.69) is 21.2 Å². The van der Waals surface area contributed by atoms with Crippen molar-refractivity contribution in [2.45, 2.75) is 19.8 Å². The number of benzene rings is 2. The maximum Gasteiger partial charge on any atom is 0.224 e. The molecule has 1 N–H and O–H groups in total. The van der Waals surface area contributed by atoms with E-state index >= 15 is 0 Å². The third-order valence-electron chi connectivity index (χ3n) is 2.96. The van der Waals surface area contributed by atoms with E-state index in [-0.39, 0.29) is 5.91 Å². The van der Waals surface area contributed by atoms with Crippen molar-refractivity contribution >= 4 is 27.5 Å². The van der Waals surface area contributed by atoms with E-state index in [1.807, 2.05) is 55.5 Å². The fourth-order valence-electron chi connectivity index (χ4n) is 1.87. The number of ether oxygens (including phenoxy) is 1. The Bertz CT molecular complexity index is 599. The zero-order valence-electron chi connectivity index (χ0n) is 11.9. The van der Waals surface area contributed by atoms with Crippen LogP contribution in [0, 0.1) is 6.92 Å². The molecule has 0 unspecified atom stereocenters. The van der Waals surface area contributed by atoms with E-state index in [4.69, 9.17) is 4.74 Å². The average Bonchev–Trinajstić information content (AvgIpc) is 2.48. The van der Waals surface area contributed by atoms with Gasteiger partial charge in [-0.15, -0.1) is 0 Å². The summed E-state index contributed by atoms with van der Waals surface area (Å²) in [7, 11) is 0. The minimum Gasteiger partial charge on any atom is -0.494 e. The van der Waals surface area contributed by atoms with Crippen molar-refractivity contribution in [1.29, 1.82) is 0 Å². The highest BCUT2D eigenvalue weighted by Crippen LogP contribution is 2.23.